The minimum atomic E-state index is 0.656. The number of benzene rings is 1. The summed E-state index contributed by atoms with van der Waals surface area (Å²) in [5.41, 5.74) is 4.38. The van der Waals surface area contributed by atoms with Crippen molar-refractivity contribution in [3.8, 4) is 5.69 Å². The molecule has 1 unspecified atom stereocenters. The lowest BCUT2D eigenvalue weighted by Gasteiger charge is -2.23. The van der Waals surface area contributed by atoms with Gasteiger partial charge in [0.15, 0.2) is 5.65 Å². The Labute approximate surface area is 136 Å². The van der Waals surface area contributed by atoms with Crippen molar-refractivity contribution in [2.24, 2.45) is 5.92 Å². The third-order valence-electron chi connectivity index (χ3n) is 4.71. The standard InChI is InChI=1S/C19H22N4/c1-14-6-2-3-9-17(14)23-18(12-15-7-4-10-20-13-15)22-16-8-5-11-21-19(16)23/h2-3,5-6,8-9,11,15,20H,4,7,10,12-13H2,1H3. The Morgan fingerprint density at radius 2 is 2.13 bits per heavy atom. The molecule has 4 nitrogen and oxygen atoms in total. The smallest absolute Gasteiger partial charge is 0.164 e. The molecule has 0 aliphatic carbocycles. The molecule has 23 heavy (non-hydrogen) atoms. The molecule has 0 spiro atoms. The third-order valence-corrected chi connectivity index (χ3v) is 4.71. The Morgan fingerprint density at radius 3 is 2.96 bits per heavy atom. The lowest BCUT2D eigenvalue weighted by atomic mass is 9.96. The van der Waals surface area contributed by atoms with Crippen LogP contribution in [-0.2, 0) is 6.42 Å². The summed E-state index contributed by atoms with van der Waals surface area (Å²) in [6.07, 6.45) is 5.38. The molecule has 1 fully saturated rings. The summed E-state index contributed by atoms with van der Waals surface area (Å²) in [7, 11) is 0. The minimum absolute atomic E-state index is 0.656. The van der Waals surface area contributed by atoms with E-state index >= 15 is 0 Å². The van der Waals surface area contributed by atoms with Crippen molar-refractivity contribution in [2.75, 3.05) is 13.1 Å². The molecule has 3 heterocycles. The predicted molar refractivity (Wildman–Crippen MR) is 92.9 cm³/mol. The average molecular weight is 306 g/mol. The van der Waals surface area contributed by atoms with Crippen LogP contribution in [0.1, 0.15) is 24.2 Å². The third kappa shape index (κ3) is 2.75. The van der Waals surface area contributed by atoms with Crippen molar-refractivity contribution in [1.82, 2.24) is 19.9 Å². The number of piperidine rings is 1. The molecule has 1 N–H and O–H groups in total. The number of nitrogens with zero attached hydrogens (tertiary/aromatic N) is 3. The first-order valence-corrected chi connectivity index (χ1v) is 8.42. The topological polar surface area (TPSA) is 42.7 Å². The SMILES string of the molecule is Cc1ccccc1-n1c(CC2CCCNC2)nc2cccnc21. The molecule has 2 aromatic heterocycles. The number of aryl methyl sites for hydroxylation is 1. The van der Waals surface area contributed by atoms with Gasteiger partial charge in [-0.05, 0) is 62.5 Å². The zero-order valence-corrected chi connectivity index (χ0v) is 13.5. The largest absolute Gasteiger partial charge is 0.316 e. The predicted octanol–water partition coefficient (Wildman–Crippen LogP) is 3.27. The maximum absolute atomic E-state index is 4.90. The summed E-state index contributed by atoms with van der Waals surface area (Å²) in [5, 5.41) is 3.51. The first kappa shape index (κ1) is 14.4. The van der Waals surface area contributed by atoms with Gasteiger partial charge in [-0.2, -0.15) is 0 Å². The summed E-state index contributed by atoms with van der Waals surface area (Å²) in [4.78, 5) is 9.49. The molecular weight excluding hydrogens is 284 g/mol. The van der Waals surface area contributed by atoms with Crippen LogP contribution in [0.2, 0.25) is 0 Å². The number of imidazole rings is 1. The molecule has 1 aromatic carbocycles. The minimum Gasteiger partial charge on any atom is -0.316 e. The first-order valence-electron chi connectivity index (χ1n) is 8.42. The van der Waals surface area contributed by atoms with E-state index in [1.165, 1.54) is 24.1 Å². The molecule has 3 aromatic rings. The maximum atomic E-state index is 4.90. The van der Waals surface area contributed by atoms with Gasteiger partial charge in [0, 0.05) is 12.6 Å². The van der Waals surface area contributed by atoms with Gasteiger partial charge >= 0.3 is 0 Å². The van der Waals surface area contributed by atoms with Gasteiger partial charge in [0.25, 0.3) is 0 Å². The molecule has 0 radical (unpaired) electrons. The fraction of sp³-hybridized carbons (Fsp3) is 0.368. The fourth-order valence-electron chi connectivity index (χ4n) is 3.52. The van der Waals surface area contributed by atoms with Crippen molar-refractivity contribution in [3.05, 3.63) is 54.0 Å². The van der Waals surface area contributed by atoms with Gasteiger partial charge in [-0.25, -0.2) is 9.97 Å². The molecule has 1 aliphatic rings. The molecular formula is C19H22N4. The number of hydrogen-bond acceptors (Lipinski definition) is 3. The lowest BCUT2D eigenvalue weighted by molar-refractivity contribution is 0.370. The van der Waals surface area contributed by atoms with Crippen LogP contribution in [0.25, 0.3) is 16.9 Å². The summed E-state index contributed by atoms with van der Waals surface area (Å²) < 4.78 is 2.25. The van der Waals surface area contributed by atoms with Crippen LogP contribution in [0.5, 0.6) is 0 Å². The number of nitrogens with one attached hydrogen (secondary N) is 1. The van der Waals surface area contributed by atoms with E-state index in [9.17, 15) is 0 Å². The molecule has 4 heteroatoms. The van der Waals surface area contributed by atoms with Crippen LogP contribution in [-0.4, -0.2) is 27.6 Å². The van der Waals surface area contributed by atoms with Crippen LogP contribution in [0.4, 0.5) is 0 Å². The molecule has 0 saturated carbocycles. The van der Waals surface area contributed by atoms with Crippen LogP contribution < -0.4 is 5.32 Å². The number of hydrogen-bond donors (Lipinski definition) is 1. The highest BCUT2D eigenvalue weighted by molar-refractivity contribution is 5.74. The Hall–Kier alpha value is -2.20. The van der Waals surface area contributed by atoms with Gasteiger partial charge in [-0.1, -0.05) is 18.2 Å². The van der Waals surface area contributed by atoms with E-state index in [0.717, 1.165) is 36.5 Å². The van der Waals surface area contributed by atoms with E-state index in [1.54, 1.807) is 0 Å². The first-order chi connectivity index (χ1) is 11.3. The molecule has 0 amide bonds. The van der Waals surface area contributed by atoms with Crippen LogP contribution in [0.3, 0.4) is 0 Å². The van der Waals surface area contributed by atoms with Crippen LogP contribution in [0, 0.1) is 12.8 Å². The second kappa shape index (κ2) is 6.13. The lowest BCUT2D eigenvalue weighted by Crippen LogP contribution is -2.31. The molecule has 1 aliphatic heterocycles. The monoisotopic (exact) mass is 306 g/mol. The van der Waals surface area contributed by atoms with Gasteiger partial charge in [-0.15, -0.1) is 0 Å². The number of rotatable bonds is 3. The van der Waals surface area contributed by atoms with E-state index in [4.69, 9.17) is 4.98 Å². The second-order valence-electron chi connectivity index (χ2n) is 6.41. The van der Waals surface area contributed by atoms with E-state index in [1.807, 2.05) is 12.3 Å². The Bertz CT molecular complexity index is 815. The quantitative estimate of drug-likeness (QED) is 0.807. The van der Waals surface area contributed by atoms with E-state index in [0.29, 0.717) is 5.92 Å². The van der Waals surface area contributed by atoms with Gasteiger partial charge in [-0.3, -0.25) is 4.57 Å². The Kier molecular flexibility index (Phi) is 3.83. The normalized spacial score (nSPS) is 18.4. The summed E-state index contributed by atoms with van der Waals surface area (Å²) >= 11 is 0. The molecule has 1 saturated heterocycles. The summed E-state index contributed by atoms with van der Waals surface area (Å²) in [5.74, 6) is 1.78. The van der Waals surface area contributed by atoms with Gasteiger partial charge in [0.2, 0.25) is 0 Å². The van der Waals surface area contributed by atoms with Gasteiger partial charge in [0.05, 0.1) is 5.69 Å². The Balaban J connectivity index is 1.83. The zero-order valence-electron chi connectivity index (χ0n) is 13.5. The van der Waals surface area contributed by atoms with Crippen molar-refractivity contribution in [3.63, 3.8) is 0 Å². The van der Waals surface area contributed by atoms with E-state index in [2.05, 4.69) is 52.1 Å². The maximum Gasteiger partial charge on any atom is 0.164 e. The van der Waals surface area contributed by atoms with Gasteiger partial charge in [0.1, 0.15) is 11.3 Å². The highest BCUT2D eigenvalue weighted by Crippen LogP contribution is 2.25. The molecule has 118 valence electrons. The summed E-state index contributed by atoms with van der Waals surface area (Å²) in [6.45, 7) is 4.38. The highest BCUT2D eigenvalue weighted by atomic mass is 15.1. The highest BCUT2D eigenvalue weighted by Gasteiger charge is 2.20. The van der Waals surface area contributed by atoms with Crippen LogP contribution >= 0.6 is 0 Å². The zero-order chi connectivity index (χ0) is 15.6. The number of aromatic nitrogens is 3. The number of pyridine rings is 1. The van der Waals surface area contributed by atoms with E-state index in [-0.39, 0.29) is 0 Å². The molecule has 0 bridgehead atoms. The van der Waals surface area contributed by atoms with Gasteiger partial charge < -0.3 is 5.32 Å². The molecule has 4 rings (SSSR count). The average Bonchev–Trinajstić information content (AvgIpc) is 2.94. The number of para-hydroxylation sites is 1. The van der Waals surface area contributed by atoms with E-state index < -0.39 is 0 Å². The van der Waals surface area contributed by atoms with Crippen molar-refractivity contribution in [1.29, 1.82) is 0 Å². The van der Waals surface area contributed by atoms with Crippen molar-refractivity contribution >= 4 is 11.2 Å². The Morgan fingerprint density at radius 1 is 1.22 bits per heavy atom. The van der Waals surface area contributed by atoms with Crippen molar-refractivity contribution < 1.29 is 0 Å². The number of fused-ring (bicyclic) bond motifs is 1. The second-order valence-corrected chi connectivity index (χ2v) is 6.41. The molecule has 1 atom stereocenters. The fourth-order valence-corrected chi connectivity index (χ4v) is 3.52. The van der Waals surface area contributed by atoms with Crippen LogP contribution in [0.15, 0.2) is 42.6 Å². The van der Waals surface area contributed by atoms with Crippen molar-refractivity contribution in [2.45, 2.75) is 26.2 Å². The summed E-state index contributed by atoms with van der Waals surface area (Å²) in [6, 6.07) is 12.5.